The van der Waals surface area contributed by atoms with Gasteiger partial charge in [-0.2, -0.15) is 5.10 Å². The van der Waals surface area contributed by atoms with Gasteiger partial charge in [0, 0.05) is 24.6 Å². The first kappa shape index (κ1) is 16.4. The van der Waals surface area contributed by atoms with E-state index in [0.717, 1.165) is 49.7 Å². The second kappa shape index (κ2) is 7.44. The summed E-state index contributed by atoms with van der Waals surface area (Å²) in [5, 5.41) is 16.0. The van der Waals surface area contributed by atoms with Crippen LogP contribution in [0.1, 0.15) is 36.0 Å². The minimum Gasteiger partial charge on any atom is -0.482 e. The summed E-state index contributed by atoms with van der Waals surface area (Å²) >= 11 is 0. The molecular weight excluding hydrogens is 308 g/mol. The van der Waals surface area contributed by atoms with Gasteiger partial charge in [0.1, 0.15) is 11.6 Å². The molecule has 1 aliphatic heterocycles. The van der Waals surface area contributed by atoms with Crippen LogP contribution in [0.5, 0.6) is 5.75 Å². The number of nitrogens with zero attached hydrogens (tertiary/aromatic N) is 3. The minimum atomic E-state index is -0.970. The van der Waals surface area contributed by atoms with Gasteiger partial charge in [-0.05, 0) is 32.4 Å². The van der Waals surface area contributed by atoms with Crippen LogP contribution in [-0.4, -0.2) is 50.9 Å². The van der Waals surface area contributed by atoms with Gasteiger partial charge in [0.2, 0.25) is 0 Å². The van der Waals surface area contributed by atoms with Crippen LogP contribution in [0.3, 0.4) is 0 Å². The Morgan fingerprint density at radius 3 is 3.04 bits per heavy atom. The van der Waals surface area contributed by atoms with Crippen molar-refractivity contribution in [2.45, 2.75) is 32.2 Å². The number of benzene rings is 1. The molecule has 2 heterocycles. The quantitative estimate of drug-likeness (QED) is 0.841. The fourth-order valence-corrected chi connectivity index (χ4v) is 3.11. The number of para-hydroxylation sites is 1. The lowest BCUT2D eigenvalue weighted by Gasteiger charge is -2.31. The minimum absolute atomic E-state index is 0.323. The highest BCUT2D eigenvalue weighted by molar-refractivity contribution is 5.68. The van der Waals surface area contributed by atoms with E-state index in [1.54, 1.807) is 0 Å². The third-order valence-electron chi connectivity index (χ3n) is 4.20. The van der Waals surface area contributed by atoms with Gasteiger partial charge in [-0.15, -0.1) is 0 Å². The SMILES string of the molecule is Cc1nc([C@@H]2CCCN(Cc3ccccc3OCC(=O)O)C2)n[nH]1. The van der Waals surface area contributed by atoms with Crippen LogP contribution in [-0.2, 0) is 11.3 Å². The van der Waals surface area contributed by atoms with Crippen LogP contribution in [0, 0.1) is 6.92 Å². The molecule has 24 heavy (non-hydrogen) atoms. The summed E-state index contributed by atoms with van der Waals surface area (Å²) in [6.07, 6.45) is 2.18. The molecule has 1 aromatic heterocycles. The molecule has 0 spiro atoms. The highest BCUT2D eigenvalue weighted by Crippen LogP contribution is 2.27. The first-order chi connectivity index (χ1) is 11.6. The number of rotatable bonds is 6. The molecular formula is C17H22N4O3. The number of carboxylic acids is 1. The van der Waals surface area contributed by atoms with Crippen molar-refractivity contribution in [1.82, 2.24) is 20.1 Å². The predicted octanol–water partition coefficient (Wildman–Crippen LogP) is 1.96. The summed E-state index contributed by atoms with van der Waals surface area (Å²) in [5.41, 5.74) is 1.01. The zero-order chi connectivity index (χ0) is 16.9. The number of carboxylic acid groups (broad SMARTS) is 1. The summed E-state index contributed by atoms with van der Waals surface area (Å²) < 4.78 is 5.40. The second-order valence-corrected chi connectivity index (χ2v) is 6.14. The first-order valence-electron chi connectivity index (χ1n) is 8.15. The monoisotopic (exact) mass is 330 g/mol. The van der Waals surface area contributed by atoms with Crippen molar-refractivity contribution in [3.8, 4) is 5.75 Å². The Morgan fingerprint density at radius 1 is 1.46 bits per heavy atom. The standard InChI is InChI=1S/C17H22N4O3/c1-12-18-17(20-19-12)14-6-4-8-21(10-14)9-13-5-2-3-7-15(13)24-11-16(22)23/h2-3,5,7,14H,4,6,8-11H2,1H3,(H,22,23)(H,18,19,20)/t14-/m1/s1. The Hall–Kier alpha value is -2.41. The van der Waals surface area contributed by atoms with Crippen molar-refractivity contribution in [2.75, 3.05) is 19.7 Å². The van der Waals surface area contributed by atoms with E-state index < -0.39 is 5.97 Å². The smallest absolute Gasteiger partial charge is 0.341 e. The number of piperidine rings is 1. The molecule has 2 N–H and O–H groups in total. The van der Waals surface area contributed by atoms with Crippen molar-refractivity contribution in [1.29, 1.82) is 0 Å². The average Bonchev–Trinajstić information content (AvgIpc) is 3.01. The van der Waals surface area contributed by atoms with Crippen molar-refractivity contribution in [3.05, 3.63) is 41.5 Å². The molecule has 2 aromatic rings. The fourth-order valence-electron chi connectivity index (χ4n) is 3.11. The molecule has 7 nitrogen and oxygen atoms in total. The fraction of sp³-hybridized carbons (Fsp3) is 0.471. The number of carbonyl (C=O) groups is 1. The van der Waals surface area contributed by atoms with Crippen LogP contribution in [0.2, 0.25) is 0 Å². The molecule has 0 aliphatic carbocycles. The summed E-state index contributed by atoms with van der Waals surface area (Å²) in [7, 11) is 0. The highest BCUT2D eigenvalue weighted by atomic mass is 16.5. The second-order valence-electron chi connectivity index (χ2n) is 6.14. The van der Waals surface area contributed by atoms with Crippen LogP contribution >= 0.6 is 0 Å². The normalized spacial score (nSPS) is 18.5. The number of aromatic nitrogens is 3. The number of aryl methyl sites for hydroxylation is 1. The number of H-pyrrole nitrogens is 1. The summed E-state index contributed by atoms with van der Waals surface area (Å²) in [6.45, 7) is 4.22. The Morgan fingerprint density at radius 2 is 2.29 bits per heavy atom. The molecule has 1 fully saturated rings. The molecule has 1 aliphatic rings. The molecule has 0 radical (unpaired) electrons. The van der Waals surface area contributed by atoms with Crippen molar-refractivity contribution >= 4 is 5.97 Å². The largest absolute Gasteiger partial charge is 0.482 e. The molecule has 0 amide bonds. The third kappa shape index (κ3) is 4.11. The van der Waals surface area contributed by atoms with Gasteiger partial charge in [-0.3, -0.25) is 10.00 Å². The average molecular weight is 330 g/mol. The van der Waals surface area contributed by atoms with Gasteiger partial charge in [0.25, 0.3) is 0 Å². The zero-order valence-corrected chi connectivity index (χ0v) is 13.7. The Bertz CT molecular complexity index is 701. The number of aromatic amines is 1. The maximum absolute atomic E-state index is 10.7. The lowest BCUT2D eigenvalue weighted by molar-refractivity contribution is -0.139. The number of aliphatic carboxylic acids is 1. The van der Waals surface area contributed by atoms with Crippen LogP contribution in [0.15, 0.2) is 24.3 Å². The maximum Gasteiger partial charge on any atom is 0.341 e. The lowest BCUT2D eigenvalue weighted by atomic mass is 9.97. The molecule has 1 atom stereocenters. The number of hydrogen-bond acceptors (Lipinski definition) is 5. The van der Waals surface area contributed by atoms with E-state index in [9.17, 15) is 4.79 Å². The third-order valence-corrected chi connectivity index (χ3v) is 4.20. The van der Waals surface area contributed by atoms with Crippen LogP contribution in [0.25, 0.3) is 0 Å². The Labute approximate surface area is 140 Å². The molecule has 0 saturated carbocycles. The van der Waals surface area contributed by atoms with Gasteiger partial charge in [0.15, 0.2) is 12.4 Å². The van der Waals surface area contributed by atoms with Crippen molar-refractivity contribution in [3.63, 3.8) is 0 Å². The van der Waals surface area contributed by atoms with Crippen molar-refractivity contribution in [2.24, 2.45) is 0 Å². The highest BCUT2D eigenvalue weighted by Gasteiger charge is 2.24. The van der Waals surface area contributed by atoms with E-state index in [1.807, 2.05) is 31.2 Å². The Balaban J connectivity index is 1.66. The molecule has 0 unspecified atom stereocenters. The van der Waals surface area contributed by atoms with Gasteiger partial charge < -0.3 is 9.84 Å². The summed E-state index contributed by atoms with van der Waals surface area (Å²) in [4.78, 5) is 17.5. The lowest BCUT2D eigenvalue weighted by Crippen LogP contribution is -2.34. The molecule has 1 saturated heterocycles. The zero-order valence-electron chi connectivity index (χ0n) is 13.7. The van der Waals surface area contributed by atoms with E-state index in [2.05, 4.69) is 20.1 Å². The number of ether oxygens (including phenoxy) is 1. The molecule has 1 aromatic carbocycles. The van der Waals surface area contributed by atoms with Gasteiger partial charge in [-0.1, -0.05) is 18.2 Å². The van der Waals surface area contributed by atoms with Gasteiger partial charge >= 0.3 is 5.97 Å². The topological polar surface area (TPSA) is 91.3 Å². The molecule has 0 bridgehead atoms. The van der Waals surface area contributed by atoms with E-state index in [0.29, 0.717) is 11.7 Å². The van der Waals surface area contributed by atoms with E-state index in [-0.39, 0.29) is 6.61 Å². The van der Waals surface area contributed by atoms with Crippen LogP contribution in [0.4, 0.5) is 0 Å². The number of hydrogen-bond donors (Lipinski definition) is 2. The first-order valence-corrected chi connectivity index (χ1v) is 8.15. The molecule has 128 valence electrons. The molecule has 7 heteroatoms. The molecule has 3 rings (SSSR count). The van der Waals surface area contributed by atoms with Gasteiger partial charge in [0.05, 0.1) is 0 Å². The number of nitrogens with one attached hydrogen (secondary N) is 1. The van der Waals surface area contributed by atoms with Crippen molar-refractivity contribution < 1.29 is 14.6 Å². The summed E-state index contributed by atoms with van der Waals surface area (Å²) in [5.74, 6) is 1.72. The Kier molecular flexibility index (Phi) is 5.10. The van der Waals surface area contributed by atoms with E-state index in [1.165, 1.54) is 0 Å². The van der Waals surface area contributed by atoms with Crippen LogP contribution < -0.4 is 4.74 Å². The maximum atomic E-state index is 10.7. The van der Waals surface area contributed by atoms with Gasteiger partial charge in [-0.25, -0.2) is 9.78 Å². The summed E-state index contributed by atoms with van der Waals surface area (Å²) in [6, 6.07) is 7.61. The van der Waals surface area contributed by atoms with E-state index >= 15 is 0 Å². The van der Waals surface area contributed by atoms with E-state index in [4.69, 9.17) is 9.84 Å². The number of likely N-dealkylation sites (tertiary alicyclic amines) is 1. The predicted molar refractivity (Wildman–Crippen MR) is 87.9 cm³/mol.